The maximum Gasteiger partial charge on any atom is 0.305 e. The Kier molecular flexibility index (Phi) is 8.68. The molecule has 2 amide bonds. The number of amides is 2. The van der Waals surface area contributed by atoms with Crippen molar-refractivity contribution in [1.82, 2.24) is 10.6 Å². The van der Waals surface area contributed by atoms with E-state index in [0.29, 0.717) is 17.0 Å². The Morgan fingerprint density at radius 2 is 1.66 bits per heavy atom. The zero-order valence-electron chi connectivity index (χ0n) is 16.2. The molecule has 0 fully saturated rings. The SMILES string of the molecule is CCC[C@H](CC(=O)O)NC(=O)[C@@H](Cc1ccccc1)NC(=O)c1ccc(Cl)cc1. The molecule has 2 rings (SSSR count). The smallest absolute Gasteiger partial charge is 0.305 e. The highest BCUT2D eigenvalue weighted by Crippen LogP contribution is 2.11. The summed E-state index contributed by atoms with van der Waals surface area (Å²) in [4.78, 5) is 36.6. The van der Waals surface area contributed by atoms with Crippen molar-refractivity contribution < 1.29 is 19.5 Å². The predicted octanol–water partition coefficient (Wildman–Crippen LogP) is 3.44. The number of carbonyl (C=O) groups excluding carboxylic acids is 2. The third-order valence-electron chi connectivity index (χ3n) is 4.42. The topological polar surface area (TPSA) is 95.5 Å². The molecule has 154 valence electrons. The Hall–Kier alpha value is -2.86. The Morgan fingerprint density at radius 1 is 1.00 bits per heavy atom. The van der Waals surface area contributed by atoms with Crippen LogP contribution < -0.4 is 10.6 Å². The number of rotatable bonds is 10. The van der Waals surface area contributed by atoms with Crippen molar-refractivity contribution >= 4 is 29.4 Å². The van der Waals surface area contributed by atoms with Gasteiger partial charge >= 0.3 is 5.97 Å². The lowest BCUT2D eigenvalue weighted by Crippen LogP contribution is -2.51. The van der Waals surface area contributed by atoms with Gasteiger partial charge in [0.25, 0.3) is 5.91 Å². The fraction of sp³-hybridized carbons (Fsp3) is 0.318. The molecule has 0 aliphatic heterocycles. The Morgan fingerprint density at radius 3 is 2.24 bits per heavy atom. The van der Waals surface area contributed by atoms with Crippen LogP contribution in [0.4, 0.5) is 0 Å². The quantitative estimate of drug-likeness (QED) is 0.552. The number of nitrogens with one attached hydrogen (secondary N) is 2. The second-order valence-corrected chi connectivity index (χ2v) is 7.25. The first-order chi connectivity index (χ1) is 13.9. The summed E-state index contributed by atoms with van der Waals surface area (Å²) in [6.07, 6.45) is 1.40. The molecule has 0 heterocycles. The van der Waals surface area contributed by atoms with E-state index in [2.05, 4.69) is 10.6 Å². The number of benzene rings is 2. The van der Waals surface area contributed by atoms with E-state index in [1.54, 1.807) is 24.3 Å². The molecular formula is C22H25ClN2O4. The molecule has 0 aromatic heterocycles. The fourth-order valence-corrected chi connectivity index (χ4v) is 3.11. The number of hydrogen-bond donors (Lipinski definition) is 3. The highest BCUT2D eigenvalue weighted by Gasteiger charge is 2.25. The van der Waals surface area contributed by atoms with Crippen molar-refractivity contribution in [2.24, 2.45) is 0 Å². The second-order valence-electron chi connectivity index (χ2n) is 6.81. The van der Waals surface area contributed by atoms with Crippen LogP contribution in [0, 0.1) is 0 Å². The highest BCUT2D eigenvalue weighted by atomic mass is 35.5. The third-order valence-corrected chi connectivity index (χ3v) is 4.67. The number of hydrogen-bond acceptors (Lipinski definition) is 3. The van der Waals surface area contributed by atoms with Crippen molar-refractivity contribution in [3.63, 3.8) is 0 Å². The van der Waals surface area contributed by atoms with Gasteiger partial charge in [0.05, 0.1) is 6.42 Å². The summed E-state index contributed by atoms with van der Waals surface area (Å²) in [5, 5.41) is 15.1. The van der Waals surface area contributed by atoms with Crippen molar-refractivity contribution in [2.75, 3.05) is 0 Å². The number of carbonyl (C=O) groups is 3. The molecule has 7 heteroatoms. The van der Waals surface area contributed by atoms with E-state index in [1.807, 2.05) is 37.3 Å². The first kappa shape index (κ1) is 22.4. The average Bonchev–Trinajstić information content (AvgIpc) is 2.68. The molecule has 0 unspecified atom stereocenters. The standard InChI is InChI=1S/C22H25ClN2O4/c1-2-6-18(14-20(26)27)24-22(29)19(13-15-7-4-3-5-8-15)25-21(28)16-9-11-17(23)12-10-16/h3-5,7-12,18-19H,2,6,13-14H2,1H3,(H,24,29)(H,25,28)(H,26,27)/t18-,19-/m1/s1. The van der Waals surface area contributed by atoms with Crippen LogP contribution in [0.5, 0.6) is 0 Å². The lowest BCUT2D eigenvalue weighted by atomic mass is 10.0. The Bertz CT molecular complexity index is 824. The Balaban J connectivity index is 2.16. The summed E-state index contributed by atoms with van der Waals surface area (Å²) >= 11 is 5.86. The van der Waals surface area contributed by atoms with Gasteiger partial charge in [-0.15, -0.1) is 0 Å². The molecule has 6 nitrogen and oxygen atoms in total. The van der Waals surface area contributed by atoms with Crippen LogP contribution in [0.2, 0.25) is 5.02 Å². The normalized spacial score (nSPS) is 12.6. The van der Waals surface area contributed by atoms with Gasteiger partial charge in [0.2, 0.25) is 5.91 Å². The highest BCUT2D eigenvalue weighted by molar-refractivity contribution is 6.30. The van der Waals surface area contributed by atoms with Gasteiger partial charge < -0.3 is 15.7 Å². The molecule has 0 radical (unpaired) electrons. The number of carboxylic acid groups (broad SMARTS) is 1. The van der Waals surface area contributed by atoms with Crippen molar-refractivity contribution in [3.05, 3.63) is 70.7 Å². The first-order valence-electron chi connectivity index (χ1n) is 9.51. The van der Waals surface area contributed by atoms with E-state index < -0.39 is 29.9 Å². The molecule has 2 aromatic carbocycles. The minimum absolute atomic E-state index is 0.164. The van der Waals surface area contributed by atoms with E-state index in [-0.39, 0.29) is 12.8 Å². The monoisotopic (exact) mass is 416 g/mol. The van der Waals surface area contributed by atoms with Gasteiger partial charge in [0.1, 0.15) is 6.04 Å². The van der Waals surface area contributed by atoms with Gasteiger partial charge in [-0.05, 0) is 36.2 Å². The summed E-state index contributed by atoms with van der Waals surface area (Å²) in [7, 11) is 0. The molecule has 0 bridgehead atoms. The molecule has 0 saturated heterocycles. The van der Waals surface area contributed by atoms with E-state index in [0.717, 1.165) is 12.0 Å². The molecular weight excluding hydrogens is 392 g/mol. The predicted molar refractivity (Wildman–Crippen MR) is 112 cm³/mol. The van der Waals surface area contributed by atoms with E-state index in [1.165, 1.54) is 0 Å². The lowest BCUT2D eigenvalue weighted by molar-refractivity contribution is -0.137. The molecule has 3 N–H and O–H groups in total. The minimum Gasteiger partial charge on any atom is -0.481 e. The van der Waals surface area contributed by atoms with Crippen molar-refractivity contribution in [3.8, 4) is 0 Å². The molecule has 29 heavy (non-hydrogen) atoms. The summed E-state index contributed by atoms with van der Waals surface area (Å²) < 4.78 is 0. The van der Waals surface area contributed by atoms with Gasteiger partial charge in [0.15, 0.2) is 0 Å². The van der Waals surface area contributed by atoms with Gasteiger partial charge in [-0.3, -0.25) is 14.4 Å². The summed E-state index contributed by atoms with van der Waals surface area (Å²) in [6.45, 7) is 1.92. The third kappa shape index (κ3) is 7.58. The summed E-state index contributed by atoms with van der Waals surface area (Å²) in [5.41, 5.74) is 1.27. The number of aliphatic carboxylic acids is 1. The van der Waals surface area contributed by atoms with E-state index >= 15 is 0 Å². The van der Waals surface area contributed by atoms with Crippen molar-refractivity contribution in [1.29, 1.82) is 0 Å². The maximum atomic E-state index is 12.9. The van der Waals surface area contributed by atoms with E-state index in [4.69, 9.17) is 16.7 Å². The minimum atomic E-state index is -0.978. The number of halogens is 1. The van der Waals surface area contributed by atoms with Crippen LogP contribution in [-0.4, -0.2) is 35.0 Å². The van der Waals surface area contributed by atoms with Crippen LogP contribution in [0.3, 0.4) is 0 Å². The fourth-order valence-electron chi connectivity index (χ4n) is 2.99. The summed E-state index contributed by atoms with van der Waals surface area (Å²) in [6, 6.07) is 14.4. The van der Waals surface area contributed by atoms with Crippen LogP contribution in [-0.2, 0) is 16.0 Å². The zero-order chi connectivity index (χ0) is 21.2. The molecule has 2 aromatic rings. The van der Waals surface area contributed by atoms with Crippen LogP contribution in [0.25, 0.3) is 0 Å². The van der Waals surface area contributed by atoms with Crippen LogP contribution in [0.1, 0.15) is 42.1 Å². The van der Waals surface area contributed by atoms with E-state index in [9.17, 15) is 14.4 Å². The second kappa shape index (κ2) is 11.2. The van der Waals surface area contributed by atoms with Crippen LogP contribution >= 0.6 is 11.6 Å². The molecule has 2 atom stereocenters. The molecule has 0 aliphatic carbocycles. The summed E-state index contributed by atoms with van der Waals surface area (Å²) in [5.74, 6) is -1.78. The molecule has 0 aliphatic rings. The molecule has 0 spiro atoms. The average molecular weight is 417 g/mol. The maximum absolute atomic E-state index is 12.9. The largest absolute Gasteiger partial charge is 0.481 e. The van der Waals surface area contributed by atoms with Crippen LogP contribution in [0.15, 0.2) is 54.6 Å². The first-order valence-corrected chi connectivity index (χ1v) is 9.89. The van der Waals surface area contributed by atoms with Gasteiger partial charge in [-0.2, -0.15) is 0 Å². The number of carboxylic acids is 1. The van der Waals surface area contributed by atoms with Gasteiger partial charge in [-0.25, -0.2) is 0 Å². The lowest BCUT2D eigenvalue weighted by Gasteiger charge is -2.23. The van der Waals surface area contributed by atoms with Crippen molar-refractivity contribution in [2.45, 2.75) is 44.7 Å². The molecule has 0 saturated carbocycles. The van der Waals surface area contributed by atoms with Gasteiger partial charge in [0, 0.05) is 23.0 Å². The Labute approximate surface area is 175 Å². The zero-order valence-corrected chi connectivity index (χ0v) is 17.0. The van der Waals surface area contributed by atoms with Gasteiger partial charge in [-0.1, -0.05) is 55.3 Å².